The average Bonchev–Trinajstić information content (AvgIpc) is 2.96. The summed E-state index contributed by atoms with van der Waals surface area (Å²) in [5, 5.41) is 0. The zero-order chi connectivity index (χ0) is 19.6. The van der Waals surface area contributed by atoms with Crippen LogP contribution in [0.4, 0.5) is 5.82 Å². The molecule has 9 nitrogen and oxygen atoms in total. The standard InChI is InChI=1S/C17H23BrN6O3/c1-10(27-11(2)25)16(26)23-6-3-12(4-7-23)5-8-24-15-13(22-17(24)18)14(19)20-9-21-15/h9-10,12H,3-8H2,1-2H3,(H2,19,20,21)/t10-/m0/s1. The molecule has 146 valence electrons. The lowest BCUT2D eigenvalue weighted by Crippen LogP contribution is -2.44. The summed E-state index contributed by atoms with van der Waals surface area (Å²) < 4.78 is 7.67. The second kappa shape index (κ2) is 8.20. The summed E-state index contributed by atoms with van der Waals surface area (Å²) in [6, 6.07) is 0. The van der Waals surface area contributed by atoms with Gasteiger partial charge in [-0.1, -0.05) is 0 Å². The van der Waals surface area contributed by atoms with Gasteiger partial charge in [0.15, 0.2) is 27.8 Å². The van der Waals surface area contributed by atoms with E-state index in [1.807, 2.05) is 4.57 Å². The topological polar surface area (TPSA) is 116 Å². The lowest BCUT2D eigenvalue weighted by molar-refractivity contribution is -0.158. The van der Waals surface area contributed by atoms with Gasteiger partial charge in [0, 0.05) is 26.6 Å². The van der Waals surface area contributed by atoms with Crippen LogP contribution < -0.4 is 5.73 Å². The molecule has 1 atom stereocenters. The molecule has 1 aliphatic rings. The Kier molecular flexibility index (Phi) is 5.93. The van der Waals surface area contributed by atoms with Gasteiger partial charge in [0.1, 0.15) is 6.33 Å². The lowest BCUT2D eigenvalue weighted by atomic mass is 9.93. The Morgan fingerprint density at radius 3 is 2.74 bits per heavy atom. The van der Waals surface area contributed by atoms with Crippen molar-refractivity contribution in [3.63, 3.8) is 0 Å². The summed E-state index contributed by atoms with van der Waals surface area (Å²) >= 11 is 3.47. The molecule has 0 spiro atoms. The van der Waals surface area contributed by atoms with Gasteiger partial charge < -0.3 is 19.9 Å². The van der Waals surface area contributed by atoms with Crippen LogP contribution in [0.5, 0.6) is 0 Å². The fraction of sp³-hybridized carbons (Fsp3) is 0.588. The molecule has 3 rings (SSSR count). The Morgan fingerprint density at radius 1 is 1.37 bits per heavy atom. The molecule has 1 saturated heterocycles. The number of nitrogens with zero attached hydrogens (tertiary/aromatic N) is 5. The average molecular weight is 439 g/mol. The number of hydrogen-bond donors (Lipinski definition) is 1. The number of likely N-dealkylation sites (tertiary alicyclic amines) is 1. The number of fused-ring (bicyclic) bond motifs is 1. The maximum absolute atomic E-state index is 12.3. The molecule has 0 saturated carbocycles. The second-order valence-corrected chi connectivity index (χ2v) is 7.48. The van der Waals surface area contributed by atoms with Crippen molar-refractivity contribution in [3.8, 4) is 0 Å². The molecule has 10 heteroatoms. The SMILES string of the molecule is CC(=O)O[C@@H](C)C(=O)N1CCC(CCn2c(Br)nc3c(N)ncnc32)CC1. The van der Waals surface area contributed by atoms with E-state index in [0.29, 0.717) is 35.1 Å². The molecule has 2 N–H and O–H groups in total. The zero-order valence-electron chi connectivity index (χ0n) is 15.4. The highest BCUT2D eigenvalue weighted by molar-refractivity contribution is 9.10. The van der Waals surface area contributed by atoms with Crippen molar-refractivity contribution in [1.82, 2.24) is 24.4 Å². The van der Waals surface area contributed by atoms with E-state index in [9.17, 15) is 9.59 Å². The summed E-state index contributed by atoms with van der Waals surface area (Å²) in [4.78, 5) is 37.8. The number of esters is 1. The van der Waals surface area contributed by atoms with Crippen molar-refractivity contribution in [2.24, 2.45) is 5.92 Å². The van der Waals surface area contributed by atoms with Gasteiger partial charge in [-0.15, -0.1) is 0 Å². The molecule has 1 fully saturated rings. The molecule has 27 heavy (non-hydrogen) atoms. The number of nitrogen functional groups attached to an aromatic ring is 1. The largest absolute Gasteiger partial charge is 0.453 e. The van der Waals surface area contributed by atoms with Gasteiger partial charge >= 0.3 is 5.97 Å². The summed E-state index contributed by atoms with van der Waals surface area (Å²) in [5.41, 5.74) is 7.18. The number of hydrogen-bond acceptors (Lipinski definition) is 7. The van der Waals surface area contributed by atoms with E-state index in [1.165, 1.54) is 13.3 Å². The fourth-order valence-corrected chi connectivity index (χ4v) is 3.96. The van der Waals surface area contributed by atoms with E-state index in [2.05, 4.69) is 30.9 Å². The number of nitrogens with two attached hydrogens (primary N) is 1. The number of aromatic nitrogens is 4. The first-order valence-corrected chi connectivity index (χ1v) is 9.74. The normalized spacial score (nSPS) is 16.5. The molecule has 0 unspecified atom stereocenters. The van der Waals surface area contributed by atoms with Crippen LogP contribution in [0.1, 0.15) is 33.1 Å². The molecule has 0 aromatic carbocycles. The van der Waals surface area contributed by atoms with E-state index in [0.717, 1.165) is 31.5 Å². The molecule has 0 aliphatic carbocycles. The third kappa shape index (κ3) is 4.37. The summed E-state index contributed by atoms with van der Waals surface area (Å²) in [5.74, 6) is 0.308. The van der Waals surface area contributed by atoms with Crippen molar-refractivity contribution in [2.75, 3.05) is 18.8 Å². The minimum atomic E-state index is -0.725. The van der Waals surface area contributed by atoms with E-state index in [-0.39, 0.29) is 5.91 Å². The van der Waals surface area contributed by atoms with Crippen LogP contribution in [0.25, 0.3) is 11.2 Å². The van der Waals surface area contributed by atoms with Crippen molar-refractivity contribution in [1.29, 1.82) is 0 Å². The third-order valence-corrected chi connectivity index (χ3v) is 5.50. The first-order chi connectivity index (χ1) is 12.9. The Bertz CT molecular complexity index is 847. The van der Waals surface area contributed by atoms with Crippen LogP contribution in [-0.2, 0) is 20.9 Å². The first kappa shape index (κ1) is 19.5. The second-order valence-electron chi connectivity index (χ2n) is 6.77. The van der Waals surface area contributed by atoms with Gasteiger partial charge in [-0.2, -0.15) is 0 Å². The highest BCUT2D eigenvalue weighted by Gasteiger charge is 2.27. The molecule has 0 bridgehead atoms. The monoisotopic (exact) mass is 438 g/mol. The smallest absolute Gasteiger partial charge is 0.303 e. The van der Waals surface area contributed by atoms with Crippen molar-refractivity contribution >= 4 is 44.8 Å². The number of aryl methyl sites for hydroxylation is 1. The van der Waals surface area contributed by atoms with Crippen molar-refractivity contribution in [2.45, 2.75) is 45.8 Å². The van der Waals surface area contributed by atoms with E-state index < -0.39 is 12.1 Å². The number of rotatable bonds is 5. The zero-order valence-corrected chi connectivity index (χ0v) is 17.0. The number of halogens is 1. The van der Waals surface area contributed by atoms with Gasteiger partial charge in [0.25, 0.3) is 5.91 Å². The predicted molar refractivity (Wildman–Crippen MR) is 103 cm³/mol. The van der Waals surface area contributed by atoms with Gasteiger partial charge in [0.2, 0.25) is 0 Å². The summed E-state index contributed by atoms with van der Waals surface area (Å²) in [6.07, 6.45) is 3.50. The highest BCUT2D eigenvalue weighted by Crippen LogP contribution is 2.26. The molecule has 1 aliphatic heterocycles. The molecule has 3 heterocycles. The molecular weight excluding hydrogens is 416 g/mol. The Hall–Kier alpha value is -2.23. The quantitative estimate of drug-likeness (QED) is 0.557. The van der Waals surface area contributed by atoms with Gasteiger partial charge in [-0.05, 0) is 48.0 Å². The lowest BCUT2D eigenvalue weighted by Gasteiger charge is -2.33. The Labute approximate surface area is 165 Å². The minimum Gasteiger partial charge on any atom is -0.453 e. The van der Waals surface area contributed by atoms with Gasteiger partial charge in [-0.25, -0.2) is 15.0 Å². The van der Waals surface area contributed by atoms with Gasteiger partial charge in [-0.3, -0.25) is 9.59 Å². The maximum Gasteiger partial charge on any atom is 0.303 e. The van der Waals surface area contributed by atoms with Crippen molar-refractivity contribution < 1.29 is 14.3 Å². The highest BCUT2D eigenvalue weighted by atomic mass is 79.9. The van der Waals surface area contributed by atoms with Crippen LogP contribution in [-0.4, -0.2) is 55.5 Å². The summed E-state index contributed by atoms with van der Waals surface area (Å²) in [6.45, 7) is 5.04. The number of amides is 1. The molecule has 2 aromatic heterocycles. The molecule has 2 aromatic rings. The van der Waals surface area contributed by atoms with Crippen LogP contribution in [0.15, 0.2) is 11.1 Å². The van der Waals surface area contributed by atoms with E-state index in [1.54, 1.807) is 11.8 Å². The number of carbonyl (C=O) groups excluding carboxylic acids is 2. The fourth-order valence-electron chi connectivity index (χ4n) is 3.44. The van der Waals surface area contributed by atoms with E-state index in [4.69, 9.17) is 10.5 Å². The molecular formula is C17H23BrN6O3. The predicted octanol–water partition coefficient (Wildman–Crippen LogP) is 1.75. The number of imidazole rings is 1. The number of ether oxygens (including phenoxy) is 1. The summed E-state index contributed by atoms with van der Waals surface area (Å²) in [7, 11) is 0. The molecule has 0 radical (unpaired) electrons. The first-order valence-electron chi connectivity index (χ1n) is 8.95. The van der Waals surface area contributed by atoms with Crippen molar-refractivity contribution in [3.05, 3.63) is 11.1 Å². The van der Waals surface area contributed by atoms with Crippen LogP contribution in [0.3, 0.4) is 0 Å². The molecule has 1 amide bonds. The van der Waals surface area contributed by atoms with Crippen LogP contribution in [0.2, 0.25) is 0 Å². The maximum atomic E-state index is 12.3. The minimum absolute atomic E-state index is 0.126. The van der Waals surface area contributed by atoms with E-state index >= 15 is 0 Å². The Morgan fingerprint density at radius 2 is 2.07 bits per heavy atom. The third-order valence-electron chi connectivity index (χ3n) is 4.89. The number of anilines is 1. The van der Waals surface area contributed by atoms with Crippen LogP contribution in [0, 0.1) is 5.92 Å². The van der Waals surface area contributed by atoms with Gasteiger partial charge in [0.05, 0.1) is 0 Å². The Balaban J connectivity index is 1.55. The number of carbonyl (C=O) groups is 2. The van der Waals surface area contributed by atoms with Crippen LogP contribution >= 0.6 is 15.9 Å². The number of piperidine rings is 1.